The fraction of sp³-hybridized carbons (Fsp3) is 1.00. The van der Waals surface area contributed by atoms with Gasteiger partial charge in [-0.05, 0) is 61.7 Å². The normalized spacial score (nSPS) is 33.3. The molecule has 2 aliphatic rings. The summed E-state index contributed by atoms with van der Waals surface area (Å²) in [4.78, 5) is 0. The Balaban J connectivity index is 1.81. The highest BCUT2D eigenvalue weighted by atomic mass is 14.7. The minimum atomic E-state index is 0.500. The van der Waals surface area contributed by atoms with Gasteiger partial charge in [-0.15, -0.1) is 0 Å². The average Bonchev–Trinajstić information content (AvgIpc) is 2.38. The van der Waals surface area contributed by atoms with Crippen molar-refractivity contribution in [3.8, 4) is 0 Å². The van der Waals surface area contributed by atoms with E-state index >= 15 is 0 Å². The quantitative estimate of drug-likeness (QED) is 0.753. The standard InChI is InChI=1S/C17H33N/c1-17(2,3)15-11-9-14(10-12-15)16(18)13-7-5-4-6-8-13/h13-16H,4-12,18H2,1-3H3. The number of hydrogen-bond donors (Lipinski definition) is 1. The van der Waals surface area contributed by atoms with Crippen LogP contribution in [0, 0.1) is 23.2 Å². The van der Waals surface area contributed by atoms with Crippen LogP contribution in [0.1, 0.15) is 78.6 Å². The van der Waals surface area contributed by atoms with Crippen LogP contribution in [0.3, 0.4) is 0 Å². The molecule has 1 nitrogen and oxygen atoms in total. The van der Waals surface area contributed by atoms with Gasteiger partial charge >= 0.3 is 0 Å². The summed E-state index contributed by atoms with van der Waals surface area (Å²) in [5.74, 6) is 2.59. The molecular formula is C17H33N. The lowest BCUT2D eigenvalue weighted by molar-refractivity contribution is 0.120. The Kier molecular flexibility index (Phi) is 4.75. The smallest absolute Gasteiger partial charge is 0.00956 e. The van der Waals surface area contributed by atoms with Crippen molar-refractivity contribution in [2.45, 2.75) is 84.6 Å². The summed E-state index contributed by atoms with van der Waals surface area (Å²) >= 11 is 0. The summed E-state index contributed by atoms with van der Waals surface area (Å²) < 4.78 is 0. The summed E-state index contributed by atoms with van der Waals surface area (Å²) in [6.07, 6.45) is 12.7. The molecule has 2 N–H and O–H groups in total. The largest absolute Gasteiger partial charge is 0.327 e. The maximum absolute atomic E-state index is 6.58. The first-order valence-electron chi connectivity index (χ1n) is 8.24. The highest BCUT2D eigenvalue weighted by Gasteiger charge is 2.34. The van der Waals surface area contributed by atoms with E-state index in [9.17, 15) is 0 Å². The molecule has 1 heteroatoms. The van der Waals surface area contributed by atoms with Crippen LogP contribution in [0.5, 0.6) is 0 Å². The van der Waals surface area contributed by atoms with Crippen LogP contribution in [0.25, 0.3) is 0 Å². The van der Waals surface area contributed by atoms with Gasteiger partial charge in [-0.3, -0.25) is 0 Å². The molecule has 0 aromatic carbocycles. The van der Waals surface area contributed by atoms with Crippen LogP contribution in [-0.2, 0) is 0 Å². The molecule has 0 amide bonds. The van der Waals surface area contributed by atoms with Gasteiger partial charge in [0.25, 0.3) is 0 Å². The van der Waals surface area contributed by atoms with Gasteiger partial charge in [-0.2, -0.15) is 0 Å². The van der Waals surface area contributed by atoms with Crippen LogP contribution < -0.4 is 5.73 Å². The van der Waals surface area contributed by atoms with Gasteiger partial charge in [-0.1, -0.05) is 40.0 Å². The lowest BCUT2D eigenvalue weighted by atomic mass is 9.66. The van der Waals surface area contributed by atoms with E-state index in [0.29, 0.717) is 11.5 Å². The molecule has 0 aromatic heterocycles. The first kappa shape index (κ1) is 14.4. The Morgan fingerprint density at radius 2 is 1.28 bits per heavy atom. The van der Waals surface area contributed by atoms with E-state index in [1.165, 1.54) is 57.8 Å². The Bertz CT molecular complexity index is 239. The zero-order valence-electron chi connectivity index (χ0n) is 12.8. The van der Waals surface area contributed by atoms with Crippen LogP contribution >= 0.6 is 0 Å². The summed E-state index contributed by atoms with van der Waals surface area (Å²) in [5.41, 5.74) is 7.08. The van der Waals surface area contributed by atoms with Crippen LogP contribution in [-0.4, -0.2) is 6.04 Å². The molecule has 2 fully saturated rings. The molecule has 0 saturated heterocycles. The minimum absolute atomic E-state index is 0.500. The molecule has 0 radical (unpaired) electrons. The molecule has 2 aliphatic carbocycles. The van der Waals surface area contributed by atoms with Crippen molar-refractivity contribution < 1.29 is 0 Å². The second-order valence-electron chi connectivity index (χ2n) is 7.95. The van der Waals surface area contributed by atoms with Crippen molar-refractivity contribution in [2.24, 2.45) is 28.9 Å². The van der Waals surface area contributed by atoms with Crippen molar-refractivity contribution in [1.29, 1.82) is 0 Å². The summed E-state index contributed by atoms with van der Waals surface area (Å²) in [7, 11) is 0. The Labute approximate surface area is 114 Å². The van der Waals surface area contributed by atoms with E-state index in [1.807, 2.05) is 0 Å². The fourth-order valence-corrected chi connectivity index (χ4v) is 4.27. The van der Waals surface area contributed by atoms with Gasteiger partial charge in [0.1, 0.15) is 0 Å². The van der Waals surface area contributed by atoms with E-state index in [2.05, 4.69) is 20.8 Å². The monoisotopic (exact) mass is 251 g/mol. The van der Waals surface area contributed by atoms with E-state index in [0.717, 1.165) is 17.8 Å². The predicted molar refractivity (Wildman–Crippen MR) is 79.5 cm³/mol. The molecule has 0 spiro atoms. The SMILES string of the molecule is CC(C)(C)C1CCC(C(N)C2CCCCC2)CC1. The molecular weight excluding hydrogens is 218 g/mol. The van der Waals surface area contributed by atoms with Crippen LogP contribution in [0.15, 0.2) is 0 Å². The lowest BCUT2D eigenvalue weighted by Crippen LogP contribution is -2.41. The summed E-state index contributed by atoms with van der Waals surface area (Å²) in [6.45, 7) is 7.21. The molecule has 18 heavy (non-hydrogen) atoms. The van der Waals surface area contributed by atoms with E-state index in [4.69, 9.17) is 5.73 Å². The average molecular weight is 251 g/mol. The molecule has 2 rings (SSSR count). The Morgan fingerprint density at radius 3 is 1.78 bits per heavy atom. The molecule has 2 saturated carbocycles. The molecule has 1 atom stereocenters. The van der Waals surface area contributed by atoms with Crippen molar-refractivity contribution in [3.63, 3.8) is 0 Å². The molecule has 0 aliphatic heterocycles. The van der Waals surface area contributed by atoms with Crippen molar-refractivity contribution in [1.82, 2.24) is 0 Å². The maximum atomic E-state index is 6.58. The minimum Gasteiger partial charge on any atom is -0.327 e. The zero-order valence-corrected chi connectivity index (χ0v) is 12.8. The maximum Gasteiger partial charge on any atom is 0.00956 e. The molecule has 0 bridgehead atoms. The van der Waals surface area contributed by atoms with E-state index in [-0.39, 0.29) is 0 Å². The van der Waals surface area contributed by atoms with Crippen LogP contribution in [0.2, 0.25) is 0 Å². The number of hydrogen-bond acceptors (Lipinski definition) is 1. The van der Waals surface area contributed by atoms with Crippen molar-refractivity contribution in [3.05, 3.63) is 0 Å². The number of nitrogens with two attached hydrogens (primary N) is 1. The molecule has 1 unspecified atom stereocenters. The third-order valence-electron chi connectivity index (χ3n) is 5.74. The second-order valence-corrected chi connectivity index (χ2v) is 7.95. The fourth-order valence-electron chi connectivity index (χ4n) is 4.27. The zero-order chi connectivity index (χ0) is 13.2. The highest BCUT2D eigenvalue weighted by Crippen LogP contribution is 2.42. The van der Waals surface area contributed by atoms with Gasteiger partial charge in [0.05, 0.1) is 0 Å². The van der Waals surface area contributed by atoms with E-state index < -0.39 is 0 Å². The van der Waals surface area contributed by atoms with Gasteiger partial charge < -0.3 is 5.73 Å². The van der Waals surface area contributed by atoms with Crippen molar-refractivity contribution >= 4 is 0 Å². The summed E-state index contributed by atoms with van der Waals surface area (Å²) in [6, 6.07) is 0.506. The lowest BCUT2D eigenvalue weighted by Gasteiger charge is -2.41. The van der Waals surface area contributed by atoms with Crippen LogP contribution in [0.4, 0.5) is 0 Å². The van der Waals surface area contributed by atoms with Gasteiger partial charge in [0, 0.05) is 6.04 Å². The molecule has 106 valence electrons. The van der Waals surface area contributed by atoms with Gasteiger partial charge in [-0.25, -0.2) is 0 Å². The highest BCUT2D eigenvalue weighted by molar-refractivity contribution is 4.88. The topological polar surface area (TPSA) is 26.0 Å². The molecule has 0 heterocycles. The van der Waals surface area contributed by atoms with Gasteiger partial charge in [0.15, 0.2) is 0 Å². The Morgan fingerprint density at radius 1 is 0.778 bits per heavy atom. The third kappa shape index (κ3) is 3.50. The van der Waals surface area contributed by atoms with Gasteiger partial charge in [0.2, 0.25) is 0 Å². The number of rotatable bonds is 2. The van der Waals surface area contributed by atoms with E-state index in [1.54, 1.807) is 0 Å². The third-order valence-corrected chi connectivity index (χ3v) is 5.74. The first-order valence-corrected chi connectivity index (χ1v) is 8.24. The summed E-state index contributed by atoms with van der Waals surface area (Å²) in [5, 5.41) is 0. The predicted octanol–water partition coefficient (Wildman–Crippen LogP) is 4.75. The first-order chi connectivity index (χ1) is 8.48. The van der Waals surface area contributed by atoms with Crippen molar-refractivity contribution in [2.75, 3.05) is 0 Å². The second kappa shape index (κ2) is 5.94. The Hall–Kier alpha value is -0.0400. The molecule has 0 aromatic rings.